The Bertz CT molecular complexity index is 335. The number of piperidine rings is 1. The summed E-state index contributed by atoms with van der Waals surface area (Å²) >= 11 is 0. The molecule has 2 N–H and O–H groups in total. The first-order valence-electron chi connectivity index (χ1n) is 7.08. The van der Waals surface area contributed by atoms with Gasteiger partial charge in [0.05, 0.1) is 12.0 Å². The molecule has 20 heavy (non-hydrogen) atoms. The van der Waals surface area contributed by atoms with Gasteiger partial charge in [0.2, 0.25) is 5.91 Å². The zero-order valence-electron chi connectivity index (χ0n) is 11.4. The molecule has 2 saturated heterocycles. The van der Waals surface area contributed by atoms with Gasteiger partial charge in [0.25, 0.3) is 0 Å². The summed E-state index contributed by atoms with van der Waals surface area (Å²) in [6.07, 6.45) is -2.71. The van der Waals surface area contributed by atoms with Crippen molar-refractivity contribution in [3.63, 3.8) is 0 Å². The molecule has 1 amide bonds. The van der Waals surface area contributed by atoms with E-state index in [4.69, 9.17) is 10.5 Å². The number of rotatable bonds is 2. The Balaban J connectivity index is 1.85. The number of nitrogens with zero attached hydrogens (tertiary/aromatic N) is 1. The van der Waals surface area contributed by atoms with Crippen molar-refractivity contribution in [1.29, 1.82) is 0 Å². The summed E-state index contributed by atoms with van der Waals surface area (Å²) in [6.45, 7) is 1.50. The fraction of sp³-hybridized carbons (Fsp3) is 0.923. The Morgan fingerprint density at radius 2 is 1.70 bits per heavy atom. The van der Waals surface area contributed by atoms with Crippen LogP contribution in [0, 0.1) is 11.8 Å². The van der Waals surface area contributed by atoms with E-state index in [0.717, 1.165) is 12.8 Å². The molecule has 116 valence electrons. The third-order valence-electron chi connectivity index (χ3n) is 4.33. The van der Waals surface area contributed by atoms with Crippen LogP contribution in [-0.4, -0.2) is 49.3 Å². The van der Waals surface area contributed by atoms with Gasteiger partial charge in [-0.1, -0.05) is 0 Å². The predicted molar refractivity (Wildman–Crippen MR) is 66.9 cm³/mol. The van der Waals surface area contributed by atoms with Crippen molar-refractivity contribution in [2.24, 2.45) is 17.6 Å². The summed E-state index contributed by atoms with van der Waals surface area (Å²) in [7, 11) is 0. The van der Waals surface area contributed by atoms with Crippen molar-refractivity contribution in [3.05, 3.63) is 0 Å². The molecule has 7 heteroatoms. The lowest BCUT2D eigenvalue weighted by Crippen LogP contribution is -2.52. The highest BCUT2D eigenvalue weighted by Crippen LogP contribution is 2.34. The second kappa shape index (κ2) is 6.30. The number of alkyl halides is 3. The molecule has 2 aliphatic heterocycles. The van der Waals surface area contributed by atoms with E-state index in [-0.39, 0.29) is 37.8 Å². The van der Waals surface area contributed by atoms with Gasteiger partial charge in [-0.25, -0.2) is 0 Å². The van der Waals surface area contributed by atoms with E-state index in [9.17, 15) is 18.0 Å². The normalized spacial score (nSPS) is 24.7. The second-order valence-corrected chi connectivity index (χ2v) is 5.62. The van der Waals surface area contributed by atoms with Gasteiger partial charge < -0.3 is 15.4 Å². The van der Waals surface area contributed by atoms with Crippen molar-refractivity contribution < 1.29 is 22.7 Å². The van der Waals surface area contributed by atoms with Crippen molar-refractivity contribution in [3.8, 4) is 0 Å². The number of carbonyl (C=O) groups is 1. The van der Waals surface area contributed by atoms with Gasteiger partial charge in [-0.05, 0) is 31.6 Å². The van der Waals surface area contributed by atoms with Crippen LogP contribution < -0.4 is 5.73 Å². The quantitative estimate of drug-likeness (QED) is 0.840. The van der Waals surface area contributed by atoms with Crippen LogP contribution in [0.2, 0.25) is 0 Å². The zero-order chi connectivity index (χ0) is 14.8. The minimum absolute atomic E-state index is 0.0181. The van der Waals surface area contributed by atoms with Gasteiger partial charge in [-0.15, -0.1) is 0 Å². The number of hydrogen-bond donors (Lipinski definition) is 1. The third-order valence-corrected chi connectivity index (χ3v) is 4.33. The molecule has 2 fully saturated rings. The highest BCUT2D eigenvalue weighted by Gasteiger charge is 2.42. The number of likely N-dealkylation sites (tertiary alicyclic amines) is 1. The van der Waals surface area contributed by atoms with E-state index in [1.807, 2.05) is 0 Å². The molecule has 1 unspecified atom stereocenters. The minimum Gasteiger partial charge on any atom is -0.381 e. The SMILES string of the molecule is NC(C(=O)N1CCC(C(F)(F)F)CC1)C1CCOCC1. The van der Waals surface area contributed by atoms with Gasteiger partial charge in [-0.2, -0.15) is 13.2 Å². The molecule has 1 atom stereocenters. The number of amides is 1. The molecule has 0 aromatic rings. The summed E-state index contributed by atoms with van der Waals surface area (Å²) < 4.78 is 43.0. The zero-order valence-corrected chi connectivity index (χ0v) is 11.4. The van der Waals surface area contributed by atoms with Gasteiger partial charge in [0, 0.05) is 26.3 Å². The van der Waals surface area contributed by atoms with Crippen LogP contribution in [0.15, 0.2) is 0 Å². The summed E-state index contributed by atoms with van der Waals surface area (Å²) in [5.74, 6) is -1.42. The molecule has 0 aromatic carbocycles. The molecular formula is C13H21F3N2O2. The van der Waals surface area contributed by atoms with Gasteiger partial charge in [-0.3, -0.25) is 4.79 Å². The molecule has 0 aromatic heterocycles. The smallest absolute Gasteiger partial charge is 0.381 e. The maximum Gasteiger partial charge on any atom is 0.391 e. The maximum atomic E-state index is 12.6. The average Bonchev–Trinajstić information content (AvgIpc) is 2.46. The van der Waals surface area contributed by atoms with Crippen LogP contribution in [0.5, 0.6) is 0 Å². The molecule has 2 rings (SSSR count). The number of carbonyl (C=O) groups excluding carboxylic acids is 1. The van der Waals surface area contributed by atoms with E-state index >= 15 is 0 Å². The first-order valence-corrected chi connectivity index (χ1v) is 7.08. The monoisotopic (exact) mass is 294 g/mol. The minimum atomic E-state index is -4.15. The van der Waals surface area contributed by atoms with E-state index in [1.54, 1.807) is 0 Å². The highest BCUT2D eigenvalue weighted by molar-refractivity contribution is 5.82. The topological polar surface area (TPSA) is 55.6 Å². The Labute approximate surface area is 116 Å². The van der Waals surface area contributed by atoms with Crippen molar-refractivity contribution in [2.45, 2.75) is 37.9 Å². The Morgan fingerprint density at radius 3 is 2.20 bits per heavy atom. The standard InChI is InChI=1S/C13H21F3N2O2/c14-13(15,16)10-1-5-18(6-2-10)12(19)11(17)9-3-7-20-8-4-9/h9-11H,1-8,17H2. The van der Waals surface area contributed by atoms with E-state index in [1.165, 1.54) is 4.90 Å². The van der Waals surface area contributed by atoms with E-state index in [2.05, 4.69) is 0 Å². The van der Waals surface area contributed by atoms with Crippen molar-refractivity contribution in [2.75, 3.05) is 26.3 Å². The molecule has 0 saturated carbocycles. The number of nitrogens with two attached hydrogens (primary N) is 1. The molecule has 0 bridgehead atoms. The molecular weight excluding hydrogens is 273 g/mol. The maximum absolute atomic E-state index is 12.6. The molecule has 2 aliphatic rings. The highest BCUT2D eigenvalue weighted by atomic mass is 19.4. The van der Waals surface area contributed by atoms with Crippen LogP contribution in [0.25, 0.3) is 0 Å². The summed E-state index contributed by atoms with van der Waals surface area (Å²) in [5.41, 5.74) is 5.97. The lowest BCUT2D eigenvalue weighted by atomic mass is 9.90. The fourth-order valence-electron chi connectivity index (χ4n) is 2.91. The average molecular weight is 294 g/mol. The molecule has 0 spiro atoms. The number of hydrogen-bond acceptors (Lipinski definition) is 3. The van der Waals surface area contributed by atoms with Crippen LogP contribution in [0.1, 0.15) is 25.7 Å². The van der Waals surface area contributed by atoms with Crippen LogP contribution in [0.3, 0.4) is 0 Å². The second-order valence-electron chi connectivity index (χ2n) is 5.62. The molecule has 4 nitrogen and oxygen atoms in total. The molecule has 0 aliphatic carbocycles. The van der Waals surface area contributed by atoms with Gasteiger partial charge in [0.15, 0.2) is 0 Å². The van der Waals surface area contributed by atoms with E-state index in [0.29, 0.717) is 13.2 Å². The first kappa shape index (κ1) is 15.6. The lowest BCUT2D eigenvalue weighted by Gasteiger charge is -2.36. The Kier molecular flexibility index (Phi) is 4.90. The predicted octanol–water partition coefficient (Wildman–Crippen LogP) is 1.54. The first-order chi connectivity index (χ1) is 9.39. The molecule has 2 heterocycles. The van der Waals surface area contributed by atoms with Crippen molar-refractivity contribution in [1.82, 2.24) is 4.90 Å². The summed E-state index contributed by atoms with van der Waals surface area (Å²) in [5, 5.41) is 0. The van der Waals surface area contributed by atoms with E-state index < -0.39 is 18.1 Å². The third kappa shape index (κ3) is 3.63. The van der Waals surface area contributed by atoms with Crippen LogP contribution >= 0.6 is 0 Å². The van der Waals surface area contributed by atoms with Gasteiger partial charge >= 0.3 is 6.18 Å². The largest absolute Gasteiger partial charge is 0.391 e. The number of ether oxygens (including phenoxy) is 1. The van der Waals surface area contributed by atoms with Crippen molar-refractivity contribution >= 4 is 5.91 Å². The molecule has 0 radical (unpaired) electrons. The van der Waals surface area contributed by atoms with Crippen LogP contribution in [-0.2, 0) is 9.53 Å². The fourth-order valence-corrected chi connectivity index (χ4v) is 2.91. The summed E-state index contributed by atoms with van der Waals surface area (Å²) in [6, 6.07) is -0.610. The summed E-state index contributed by atoms with van der Waals surface area (Å²) in [4.78, 5) is 13.7. The Hall–Kier alpha value is -0.820. The Morgan fingerprint density at radius 1 is 1.15 bits per heavy atom. The van der Waals surface area contributed by atoms with Crippen LogP contribution in [0.4, 0.5) is 13.2 Å². The van der Waals surface area contributed by atoms with Gasteiger partial charge in [0.1, 0.15) is 0 Å². The lowest BCUT2D eigenvalue weighted by molar-refractivity contribution is -0.186. The number of halogens is 3.